The highest BCUT2D eigenvalue weighted by atomic mass is 35.5. The normalized spacial score (nSPS) is 11.7. The molecule has 4 rings (SSSR count). The summed E-state index contributed by atoms with van der Waals surface area (Å²) in [7, 11) is 3.19. The second kappa shape index (κ2) is 7.38. The van der Waals surface area contributed by atoms with Crippen molar-refractivity contribution in [2.75, 3.05) is 14.2 Å². The molecule has 0 fully saturated rings. The van der Waals surface area contributed by atoms with E-state index in [1.807, 2.05) is 36.4 Å². The van der Waals surface area contributed by atoms with Gasteiger partial charge in [0.05, 0.1) is 19.6 Å². The molecule has 8 heteroatoms. The standard InChI is InChI=1S/C19H14ClN3O3S/c1-24-16-5-3-11(7-18(16)25-2)17-9-14(22-19-23-21-10-27-19)13-8-12(20)4-6-15(13)26-17/h3-10H,1-2H3. The number of hydrogen-bond acceptors (Lipinski definition) is 7. The summed E-state index contributed by atoms with van der Waals surface area (Å²) in [4.78, 5) is 4.60. The van der Waals surface area contributed by atoms with Crippen LogP contribution in [-0.4, -0.2) is 24.4 Å². The molecule has 0 atom stereocenters. The molecule has 0 spiro atoms. The highest BCUT2D eigenvalue weighted by Crippen LogP contribution is 2.33. The number of rotatable bonds is 4. The van der Waals surface area contributed by atoms with Gasteiger partial charge in [0, 0.05) is 22.0 Å². The van der Waals surface area contributed by atoms with Gasteiger partial charge in [0.15, 0.2) is 11.5 Å². The van der Waals surface area contributed by atoms with Gasteiger partial charge in [-0.2, -0.15) is 0 Å². The van der Waals surface area contributed by atoms with Crippen molar-refractivity contribution in [2.45, 2.75) is 0 Å². The van der Waals surface area contributed by atoms with E-state index < -0.39 is 0 Å². The predicted octanol–water partition coefficient (Wildman–Crippen LogP) is 4.85. The minimum Gasteiger partial charge on any atom is -0.493 e. The third-order valence-corrected chi connectivity index (χ3v) is 4.76. The van der Waals surface area contributed by atoms with Crippen LogP contribution in [0.5, 0.6) is 11.5 Å². The fourth-order valence-electron chi connectivity index (χ4n) is 2.68. The molecule has 2 aromatic carbocycles. The van der Waals surface area contributed by atoms with Crippen LogP contribution in [-0.2, 0) is 0 Å². The highest BCUT2D eigenvalue weighted by Gasteiger charge is 2.11. The summed E-state index contributed by atoms with van der Waals surface area (Å²) in [6.45, 7) is 0. The molecular weight excluding hydrogens is 386 g/mol. The van der Waals surface area contributed by atoms with Crippen LogP contribution < -0.4 is 14.8 Å². The Hall–Kier alpha value is -2.90. The van der Waals surface area contributed by atoms with Gasteiger partial charge in [0.25, 0.3) is 0 Å². The van der Waals surface area contributed by atoms with E-state index in [0.717, 1.165) is 10.9 Å². The zero-order chi connectivity index (χ0) is 18.8. The van der Waals surface area contributed by atoms with Crippen LogP contribution >= 0.6 is 22.9 Å². The lowest BCUT2D eigenvalue weighted by Gasteiger charge is -2.10. The fraction of sp³-hybridized carbons (Fsp3) is 0.105. The highest BCUT2D eigenvalue weighted by molar-refractivity contribution is 7.13. The van der Waals surface area contributed by atoms with Crippen molar-refractivity contribution in [1.29, 1.82) is 0 Å². The molecule has 27 heavy (non-hydrogen) atoms. The molecule has 0 saturated carbocycles. The molecule has 2 heterocycles. The lowest BCUT2D eigenvalue weighted by molar-refractivity contribution is 0.355. The maximum Gasteiger partial charge on any atom is 0.231 e. The first-order chi connectivity index (χ1) is 13.2. The first-order valence-corrected chi connectivity index (χ1v) is 9.20. The topological polar surface area (TPSA) is 69.7 Å². The molecule has 0 aliphatic heterocycles. The first-order valence-electron chi connectivity index (χ1n) is 7.94. The number of aromatic nitrogens is 2. The van der Waals surface area contributed by atoms with Gasteiger partial charge in [-0.15, -0.1) is 10.2 Å². The van der Waals surface area contributed by atoms with Gasteiger partial charge < -0.3 is 13.9 Å². The number of ether oxygens (including phenoxy) is 2. The Bertz CT molecular complexity index is 1170. The molecule has 0 aliphatic rings. The van der Waals surface area contributed by atoms with Crippen LogP contribution in [0.4, 0.5) is 5.13 Å². The van der Waals surface area contributed by atoms with Gasteiger partial charge >= 0.3 is 0 Å². The van der Waals surface area contributed by atoms with E-state index in [1.54, 1.807) is 25.8 Å². The Balaban J connectivity index is 1.96. The number of halogens is 1. The molecule has 0 saturated heterocycles. The van der Waals surface area contributed by atoms with Crippen LogP contribution in [0.15, 0.2) is 57.4 Å². The Morgan fingerprint density at radius 3 is 2.63 bits per heavy atom. The van der Waals surface area contributed by atoms with E-state index in [1.165, 1.54) is 11.3 Å². The third kappa shape index (κ3) is 3.51. The van der Waals surface area contributed by atoms with E-state index in [9.17, 15) is 0 Å². The summed E-state index contributed by atoms with van der Waals surface area (Å²) in [5, 5.41) is 10.5. The van der Waals surface area contributed by atoms with Crippen molar-refractivity contribution < 1.29 is 13.9 Å². The predicted molar refractivity (Wildman–Crippen MR) is 105 cm³/mol. The van der Waals surface area contributed by atoms with Crippen molar-refractivity contribution in [3.8, 4) is 22.8 Å². The second-order valence-corrected chi connectivity index (χ2v) is 6.79. The Labute approximate surface area is 163 Å². The molecule has 2 aromatic heterocycles. The minimum absolute atomic E-state index is 0.556. The largest absolute Gasteiger partial charge is 0.493 e. The zero-order valence-electron chi connectivity index (χ0n) is 14.5. The molecule has 4 aromatic rings. The van der Waals surface area contributed by atoms with E-state index in [2.05, 4.69) is 15.2 Å². The van der Waals surface area contributed by atoms with Crippen LogP contribution in [0.3, 0.4) is 0 Å². The van der Waals surface area contributed by atoms with E-state index in [-0.39, 0.29) is 0 Å². The smallest absolute Gasteiger partial charge is 0.231 e. The van der Waals surface area contributed by atoms with Gasteiger partial charge in [0.2, 0.25) is 5.13 Å². The van der Waals surface area contributed by atoms with Crippen LogP contribution in [0.1, 0.15) is 0 Å². The van der Waals surface area contributed by atoms with E-state index in [0.29, 0.717) is 38.4 Å². The number of nitrogens with zero attached hydrogens (tertiary/aromatic N) is 3. The van der Waals surface area contributed by atoms with Crippen molar-refractivity contribution in [1.82, 2.24) is 10.2 Å². The molecule has 6 nitrogen and oxygen atoms in total. The van der Waals surface area contributed by atoms with Gasteiger partial charge in [-0.3, -0.25) is 0 Å². The molecule has 0 aliphatic carbocycles. The summed E-state index contributed by atoms with van der Waals surface area (Å²) in [6, 6.07) is 12.9. The monoisotopic (exact) mass is 399 g/mol. The molecule has 0 amide bonds. The maximum absolute atomic E-state index is 6.16. The number of hydrogen-bond donors (Lipinski definition) is 0. The number of benzene rings is 2. The lowest BCUT2D eigenvalue weighted by atomic mass is 10.1. The van der Waals surface area contributed by atoms with Crippen molar-refractivity contribution in [3.05, 3.63) is 58.4 Å². The second-order valence-electron chi connectivity index (χ2n) is 5.54. The van der Waals surface area contributed by atoms with Gasteiger partial charge in [0.1, 0.15) is 16.9 Å². The van der Waals surface area contributed by atoms with Crippen molar-refractivity contribution >= 4 is 39.0 Å². The Kier molecular flexibility index (Phi) is 4.79. The summed E-state index contributed by atoms with van der Waals surface area (Å²) >= 11 is 7.52. The molecular formula is C19H14ClN3O3S. The summed E-state index contributed by atoms with van der Waals surface area (Å²) in [5.74, 6) is 1.89. The van der Waals surface area contributed by atoms with Crippen LogP contribution in [0, 0.1) is 0 Å². The molecule has 136 valence electrons. The quantitative estimate of drug-likeness (QED) is 0.490. The zero-order valence-corrected chi connectivity index (χ0v) is 16.0. The molecule has 0 bridgehead atoms. The third-order valence-electron chi connectivity index (χ3n) is 3.94. The Morgan fingerprint density at radius 1 is 1.04 bits per heavy atom. The number of fused-ring (bicyclic) bond motifs is 1. The summed E-state index contributed by atoms with van der Waals surface area (Å²) in [5.41, 5.74) is 3.13. The Morgan fingerprint density at radius 2 is 1.89 bits per heavy atom. The molecule has 0 radical (unpaired) electrons. The average Bonchev–Trinajstić information content (AvgIpc) is 3.20. The first kappa shape index (κ1) is 17.5. The van der Waals surface area contributed by atoms with Gasteiger partial charge in [-0.1, -0.05) is 22.9 Å². The number of methoxy groups -OCH3 is 2. The lowest BCUT2D eigenvalue weighted by Crippen LogP contribution is -2.03. The van der Waals surface area contributed by atoms with Crippen LogP contribution in [0.25, 0.3) is 22.3 Å². The van der Waals surface area contributed by atoms with E-state index in [4.69, 9.17) is 25.5 Å². The van der Waals surface area contributed by atoms with Gasteiger partial charge in [-0.25, -0.2) is 4.99 Å². The average molecular weight is 400 g/mol. The molecule has 0 N–H and O–H groups in total. The summed E-state index contributed by atoms with van der Waals surface area (Å²) < 4.78 is 16.8. The fourth-order valence-corrected chi connectivity index (χ4v) is 3.29. The van der Waals surface area contributed by atoms with Crippen LogP contribution in [0.2, 0.25) is 5.02 Å². The van der Waals surface area contributed by atoms with Crippen molar-refractivity contribution in [2.24, 2.45) is 4.99 Å². The maximum atomic E-state index is 6.16. The van der Waals surface area contributed by atoms with E-state index >= 15 is 0 Å². The van der Waals surface area contributed by atoms with Gasteiger partial charge in [-0.05, 0) is 36.4 Å². The SMILES string of the molecule is COc1ccc(-c2cc(=Nc3nncs3)c3cc(Cl)ccc3o2)cc1OC. The minimum atomic E-state index is 0.556. The molecule has 0 unspecified atom stereocenters. The summed E-state index contributed by atoms with van der Waals surface area (Å²) in [6.07, 6.45) is 0. The van der Waals surface area contributed by atoms with Crippen molar-refractivity contribution in [3.63, 3.8) is 0 Å².